The van der Waals surface area contributed by atoms with Crippen LogP contribution in [0.1, 0.15) is 35.1 Å². The molecule has 1 atom stereocenters. The Morgan fingerprint density at radius 2 is 1.92 bits per heavy atom. The number of allylic oxidation sites excluding steroid dienone is 1. The van der Waals surface area contributed by atoms with Crippen LogP contribution >= 0.6 is 11.8 Å². The summed E-state index contributed by atoms with van der Waals surface area (Å²) in [7, 11) is 0. The molecule has 0 aromatic heterocycles. The molecular formula is C19H20FN3S. The van der Waals surface area contributed by atoms with Gasteiger partial charge in [0.15, 0.2) is 4.99 Å². The zero-order valence-corrected chi connectivity index (χ0v) is 14.1. The number of halogens is 1. The summed E-state index contributed by atoms with van der Waals surface area (Å²) in [5.74, 6) is -0.212. The standard InChI is InChI=1S/C19H20FN3S/c20-15-9-6-13-2-1-3-17-18(16(13)10-15)23-19(22,24-17)14-7-4-12(11-21)5-8-14/h4-10,23H,1-3,11,21-22H2. The normalized spacial score (nSPS) is 22.6. The van der Waals surface area contributed by atoms with Crippen LogP contribution in [0.5, 0.6) is 0 Å². The van der Waals surface area contributed by atoms with Crippen LogP contribution in [0.3, 0.4) is 0 Å². The third-order valence-electron chi connectivity index (χ3n) is 4.68. The van der Waals surface area contributed by atoms with Crippen LogP contribution in [0.15, 0.2) is 47.4 Å². The van der Waals surface area contributed by atoms with E-state index in [1.165, 1.54) is 16.5 Å². The van der Waals surface area contributed by atoms with Crippen molar-refractivity contribution in [2.45, 2.75) is 30.8 Å². The van der Waals surface area contributed by atoms with E-state index in [2.05, 4.69) is 5.32 Å². The lowest BCUT2D eigenvalue weighted by atomic mass is 10.0. The summed E-state index contributed by atoms with van der Waals surface area (Å²) >= 11 is 1.64. The van der Waals surface area contributed by atoms with Crippen LogP contribution < -0.4 is 16.8 Å². The monoisotopic (exact) mass is 341 g/mol. The number of hydrogen-bond acceptors (Lipinski definition) is 4. The number of aryl methyl sites for hydroxylation is 1. The highest BCUT2D eigenvalue weighted by molar-refractivity contribution is 8.04. The van der Waals surface area contributed by atoms with Gasteiger partial charge in [0.25, 0.3) is 0 Å². The number of hydrogen-bond donors (Lipinski definition) is 3. The van der Waals surface area contributed by atoms with Crippen molar-refractivity contribution in [3.63, 3.8) is 0 Å². The van der Waals surface area contributed by atoms with Gasteiger partial charge in [-0.1, -0.05) is 42.1 Å². The SMILES string of the molecule is NCc1ccc(C2(N)NC3=C(CCCc4ccc(F)cc43)S2)cc1. The van der Waals surface area contributed by atoms with Gasteiger partial charge < -0.3 is 11.1 Å². The zero-order valence-electron chi connectivity index (χ0n) is 13.3. The Balaban J connectivity index is 1.71. The van der Waals surface area contributed by atoms with E-state index in [0.29, 0.717) is 6.54 Å². The maximum Gasteiger partial charge on any atom is 0.165 e. The summed E-state index contributed by atoms with van der Waals surface area (Å²) in [5.41, 5.74) is 17.5. The van der Waals surface area contributed by atoms with E-state index >= 15 is 0 Å². The van der Waals surface area contributed by atoms with Gasteiger partial charge in [-0.15, -0.1) is 0 Å². The van der Waals surface area contributed by atoms with Crippen molar-refractivity contribution in [1.82, 2.24) is 5.32 Å². The maximum atomic E-state index is 13.8. The molecule has 5 N–H and O–H groups in total. The minimum atomic E-state index is -0.723. The zero-order chi connectivity index (χ0) is 16.7. The summed E-state index contributed by atoms with van der Waals surface area (Å²) < 4.78 is 13.8. The fourth-order valence-corrected chi connectivity index (χ4v) is 4.68. The lowest BCUT2D eigenvalue weighted by Gasteiger charge is -2.27. The van der Waals surface area contributed by atoms with Crippen LogP contribution in [-0.2, 0) is 18.0 Å². The molecule has 0 radical (unpaired) electrons. The third-order valence-corrected chi connectivity index (χ3v) is 6.00. The molecule has 124 valence electrons. The minimum absolute atomic E-state index is 0.212. The lowest BCUT2D eigenvalue weighted by Crippen LogP contribution is -2.43. The minimum Gasteiger partial charge on any atom is -0.354 e. The highest BCUT2D eigenvalue weighted by Crippen LogP contribution is 2.48. The molecule has 5 heteroatoms. The van der Waals surface area contributed by atoms with Gasteiger partial charge in [0.2, 0.25) is 0 Å². The molecule has 0 spiro atoms. The molecule has 0 amide bonds. The topological polar surface area (TPSA) is 64.1 Å². The van der Waals surface area contributed by atoms with E-state index < -0.39 is 4.99 Å². The van der Waals surface area contributed by atoms with Gasteiger partial charge in [0, 0.05) is 22.6 Å². The fraction of sp³-hybridized carbons (Fsp3) is 0.263. The molecule has 4 rings (SSSR count). The summed E-state index contributed by atoms with van der Waals surface area (Å²) in [4.78, 5) is 0.489. The van der Waals surface area contributed by atoms with Crippen LogP contribution in [0, 0.1) is 5.82 Å². The molecule has 0 saturated heterocycles. The lowest BCUT2D eigenvalue weighted by molar-refractivity contribution is 0.606. The van der Waals surface area contributed by atoms with E-state index in [0.717, 1.165) is 41.6 Å². The van der Waals surface area contributed by atoms with Crippen LogP contribution in [0.25, 0.3) is 5.70 Å². The van der Waals surface area contributed by atoms with Gasteiger partial charge in [-0.25, -0.2) is 4.39 Å². The summed E-state index contributed by atoms with van der Waals surface area (Å²) in [6.07, 6.45) is 2.98. The summed E-state index contributed by atoms with van der Waals surface area (Å²) in [5, 5.41) is 3.47. The Morgan fingerprint density at radius 1 is 1.12 bits per heavy atom. The quantitative estimate of drug-likeness (QED) is 0.783. The van der Waals surface area contributed by atoms with Crippen molar-refractivity contribution in [2.75, 3.05) is 0 Å². The molecule has 0 bridgehead atoms. The van der Waals surface area contributed by atoms with Gasteiger partial charge in [0.05, 0.1) is 5.70 Å². The first-order valence-electron chi connectivity index (χ1n) is 8.16. The molecular weight excluding hydrogens is 321 g/mol. The first-order valence-corrected chi connectivity index (χ1v) is 8.98. The van der Waals surface area contributed by atoms with E-state index in [-0.39, 0.29) is 5.82 Å². The van der Waals surface area contributed by atoms with Gasteiger partial charge in [-0.2, -0.15) is 0 Å². The highest BCUT2D eigenvalue weighted by atomic mass is 32.2. The first kappa shape index (κ1) is 15.7. The number of benzene rings is 2. The van der Waals surface area contributed by atoms with Crippen molar-refractivity contribution in [1.29, 1.82) is 0 Å². The molecule has 0 fully saturated rings. The van der Waals surface area contributed by atoms with Crippen molar-refractivity contribution >= 4 is 17.5 Å². The summed E-state index contributed by atoms with van der Waals surface area (Å²) in [6, 6.07) is 13.1. The third kappa shape index (κ3) is 2.62. The largest absolute Gasteiger partial charge is 0.354 e. The molecule has 0 saturated carbocycles. The molecule has 2 aromatic carbocycles. The Kier molecular flexibility index (Phi) is 3.87. The van der Waals surface area contributed by atoms with E-state index in [1.54, 1.807) is 17.8 Å². The molecule has 1 aliphatic heterocycles. The van der Waals surface area contributed by atoms with Crippen molar-refractivity contribution in [3.8, 4) is 0 Å². The Bertz CT molecular complexity index is 816. The molecule has 1 aliphatic carbocycles. The number of fused-ring (bicyclic) bond motifs is 2. The molecule has 2 aliphatic rings. The van der Waals surface area contributed by atoms with Gasteiger partial charge >= 0.3 is 0 Å². The molecule has 1 heterocycles. The molecule has 1 unspecified atom stereocenters. The summed E-state index contributed by atoms with van der Waals surface area (Å²) in [6.45, 7) is 0.514. The van der Waals surface area contributed by atoms with E-state index in [9.17, 15) is 4.39 Å². The predicted molar refractivity (Wildman–Crippen MR) is 97.2 cm³/mol. The number of nitrogens with one attached hydrogen (secondary N) is 1. The molecule has 2 aromatic rings. The average molecular weight is 341 g/mol. The second kappa shape index (κ2) is 5.92. The Labute approximate surface area is 145 Å². The number of nitrogens with two attached hydrogens (primary N) is 2. The Hall–Kier alpha value is -1.82. The van der Waals surface area contributed by atoms with Gasteiger partial charge in [0.1, 0.15) is 5.82 Å². The number of rotatable bonds is 2. The van der Waals surface area contributed by atoms with E-state index in [4.69, 9.17) is 11.5 Å². The van der Waals surface area contributed by atoms with Gasteiger partial charge in [-0.3, -0.25) is 5.73 Å². The van der Waals surface area contributed by atoms with Crippen molar-refractivity contribution in [3.05, 3.63) is 75.4 Å². The average Bonchev–Trinajstić information content (AvgIpc) is 2.86. The highest BCUT2D eigenvalue weighted by Gasteiger charge is 2.39. The van der Waals surface area contributed by atoms with Crippen LogP contribution in [-0.4, -0.2) is 0 Å². The number of thioether (sulfide) groups is 1. The smallest absolute Gasteiger partial charge is 0.165 e. The Morgan fingerprint density at radius 3 is 2.67 bits per heavy atom. The van der Waals surface area contributed by atoms with Crippen LogP contribution in [0.4, 0.5) is 4.39 Å². The molecule has 24 heavy (non-hydrogen) atoms. The molecule has 3 nitrogen and oxygen atoms in total. The van der Waals surface area contributed by atoms with Crippen molar-refractivity contribution < 1.29 is 4.39 Å². The van der Waals surface area contributed by atoms with E-state index in [1.807, 2.05) is 30.3 Å². The first-order chi connectivity index (χ1) is 11.6. The second-order valence-electron chi connectivity index (χ2n) is 6.32. The fourth-order valence-electron chi connectivity index (χ4n) is 3.38. The second-order valence-corrected chi connectivity index (χ2v) is 7.66. The maximum absolute atomic E-state index is 13.8. The van der Waals surface area contributed by atoms with Crippen LogP contribution in [0.2, 0.25) is 0 Å². The van der Waals surface area contributed by atoms with Crippen molar-refractivity contribution in [2.24, 2.45) is 11.5 Å². The van der Waals surface area contributed by atoms with Gasteiger partial charge in [-0.05, 0) is 42.5 Å². The predicted octanol–water partition coefficient (Wildman–Crippen LogP) is 3.39.